The largest absolute Gasteiger partial charge is 0.385 e. The molecule has 0 atom stereocenters. The molecule has 6 heteroatoms. The Morgan fingerprint density at radius 3 is 2.88 bits per heavy atom. The molecule has 17 heavy (non-hydrogen) atoms. The number of hydrogen-bond acceptors (Lipinski definition) is 4. The zero-order valence-corrected chi connectivity index (χ0v) is 9.03. The normalized spacial score (nSPS) is 10.0. The molecule has 1 aromatic carbocycles. The van der Waals surface area contributed by atoms with Crippen LogP contribution in [-0.4, -0.2) is 18.1 Å². The van der Waals surface area contributed by atoms with Gasteiger partial charge in [0.1, 0.15) is 12.1 Å². The Morgan fingerprint density at radius 1 is 1.41 bits per heavy atom. The molecule has 0 fully saturated rings. The number of halogens is 1. The molecule has 0 aliphatic heterocycles. The molecule has 1 heterocycles. The minimum absolute atomic E-state index is 0.147. The molecule has 0 aliphatic rings. The molecule has 0 saturated carbocycles. The fourth-order valence-corrected chi connectivity index (χ4v) is 1.43. The van der Waals surface area contributed by atoms with E-state index in [0.717, 1.165) is 0 Å². The number of carbonyl (C=O) groups excluding carboxylic acids is 1. The Morgan fingerprint density at radius 2 is 2.24 bits per heavy atom. The van der Waals surface area contributed by atoms with Crippen LogP contribution in [0.1, 0.15) is 10.4 Å². The van der Waals surface area contributed by atoms with Gasteiger partial charge < -0.3 is 15.2 Å². The third-order valence-electron chi connectivity index (χ3n) is 2.19. The zero-order valence-electron chi connectivity index (χ0n) is 9.03. The lowest BCUT2D eigenvalue weighted by Gasteiger charge is -2.08. The highest BCUT2D eigenvalue weighted by Gasteiger charge is 2.14. The van der Waals surface area contributed by atoms with Gasteiger partial charge in [0.05, 0.1) is 11.3 Å². The standard InChI is InChI=1S/C11H10FN3O2/c1-13-10-7(3-2-4-8(10)12)11(16)14-9-5-6-17-15-9/h2-6,13H,1H3,(H,14,15,16). The lowest BCUT2D eigenvalue weighted by Crippen LogP contribution is -2.14. The van der Waals surface area contributed by atoms with E-state index < -0.39 is 11.7 Å². The lowest BCUT2D eigenvalue weighted by atomic mass is 10.1. The Hall–Kier alpha value is -2.37. The van der Waals surface area contributed by atoms with E-state index in [4.69, 9.17) is 0 Å². The molecule has 0 bridgehead atoms. The smallest absolute Gasteiger partial charge is 0.259 e. The summed E-state index contributed by atoms with van der Waals surface area (Å²) in [4.78, 5) is 11.8. The van der Waals surface area contributed by atoms with Crippen molar-refractivity contribution in [2.24, 2.45) is 0 Å². The van der Waals surface area contributed by atoms with Crippen molar-refractivity contribution in [1.82, 2.24) is 5.16 Å². The van der Waals surface area contributed by atoms with Gasteiger partial charge >= 0.3 is 0 Å². The number of hydrogen-bond donors (Lipinski definition) is 2. The van der Waals surface area contributed by atoms with E-state index in [1.54, 1.807) is 7.05 Å². The second kappa shape index (κ2) is 4.65. The van der Waals surface area contributed by atoms with Crippen LogP contribution in [0, 0.1) is 5.82 Å². The number of para-hydroxylation sites is 1. The Kier molecular flexibility index (Phi) is 3.04. The van der Waals surface area contributed by atoms with Gasteiger partial charge in [-0.25, -0.2) is 4.39 Å². The number of anilines is 2. The summed E-state index contributed by atoms with van der Waals surface area (Å²) < 4.78 is 18.0. The fourth-order valence-electron chi connectivity index (χ4n) is 1.43. The summed E-state index contributed by atoms with van der Waals surface area (Å²) in [5.41, 5.74) is 0.351. The van der Waals surface area contributed by atoms with E-state index in [-0.39, 0.29) is 17.1 Å². The van der Waals surface area contributed by atoms with Crippen molar-refractivity contribution in [3.63, 3.8) is 0 Å². The van der Waals surface area contributed by atoms with Crippen molar-refractivity contribution in [3.8, 4) is 0 Å². The maximum atomic E-state index is 13.4. The number of nitrogens with one attached hydrogen (secondary N) is 2. The predicted molar refractivity (Wildman–Crippen MR) is 60.4 cm³/mol. The molecule has 2 aromatic rings. The molecular formula is C11H10FN3O2. The van der Waals surface area contributed by atoms with Crippen LogP contribution in [0.25, 0.3) is 0 Å². The highest BCUT2D eigenvalue weighted by Crippen LogP contribution is 2.20. The highest BCUT2D eigenvalue weighted by molar-refractivity contribution is 6.07. The van der Waals surface area contributed by atoms with Gasteiger partial charge in [0.25, 0.3) is 5.91 Å². The average molecular weight is 235 g/mol. The summed E-state index contributed by atoms with van der Waals surface area (Å²) in [5, 5.41) is 8.67. The molecule has 1 amide bonds. The van der Waals surface area contributed by atoms with Crippen LogP contribution in [0.3, 0.4) is 0 Å². The molecular weight excluding hydrogens is 225 g/mol. The lowest BCUT2D eigenvalue weighted by molar-refractivity contribution is 0.102. The van der Waals surface area contributed by atoms with Gasteiger partial charge in [0.2, 0.25) is 0 Å². The van der Waals surface area contributed by atoms with Gasteiger partial charge in [0, 0.05) is 13.1 Å². The molecule has 1 aromatic heterocycles. The summed E-state index contributed by atoms with van der Waals surface area (Å²) in [7, 11) is 1.55. The summed E-state index contributed by atoms with van der Waals surface area (Å²) in [6, 6.07) is 5.76. The van der Waals surface area contributed by atoms with E-state index in [9.17, 15) is 9.18 Å². The van der Waals surface area contributed by atoms with Gasteiger partial charge in [0.15, 0.2) is 5.82 Å². The quantitative estimate of drug-likeness (QED) is 0.855. The monoisotopic (exact) mass is 235 g/mol. The molecule has 88 valence electrons. The van der Waals surface area contributed by atoms with Crippen molar-refractivity contribution in [3.05, 3.63) is 41.9 Å². The first-order valence-corrected chi connectivity index (χ1v) is 4.90. The molecule has 0 unspecified atom stereocenters. The number of carbonyl (C=O) groups is 1. The molecule has 5 nitrogen and oxygen atoms in total. The van der Waals surface area contributed by atoms with Crippen molar-refractivity contribution in [2.45, 2.75) is 0 Å². The number of rotatable bonds is 3. The summed E-state index contributed by atoms with van der Waals surface area (Å²) in [6.45, 7) is 0. The van der Waals surface area contributed by atoms with E-state index in [0.29, 0.717) is 0 Å². The Bertz CT molecular complexity index is 526. The first-order chi connectivity index (χ1) is 8.22. The fraction of sp³-hybridized carbons (Fsp3) is 0.0909. The average Bonchev–Trinajstić information content (AvgIpc) is 2.81. The number of amides is 1. The number of benzene rings is 1. The number of aromatic nitrogens is 1. The second-order valence-electron chi connectivity index (χ2n) is 3.25. The summed E-state index contributed by atoms with van der Waals surface area (Å²) >= 11 is 0. The molecule has 0 spiro atoms. The van der Waals surface area contributed by atoms with Crippen molar-refractivity contribution in [1.29, 1.82) is 0 Å². The van der Waals surface area contributed by atoms with E-state index in [1.807, 2.05) is 0 Å². The molecule has 2 rings (SSSR count). The maximum Gasteiger partial charge on any atom is 0.259 e. The van der Waals surface area contributed by atoms with Crippen molar-refractivity contribution < 1.29 is 13.7 Å². The van der Waals surface area contributed by atoms with Crippen LogP contribution < -0.4 is 10.6 Å². The van der Waals surface area contributed by atoms with Crippen LogP contribution in [0.5, 0.6) is 0 Å². The van der Waals surface area contributed by atoms with Crippen molar-refractivity contribution in [2.75, 3.05) is 17.7 Å². The summed E-state index contributed by atoms with van der Waals surface area (Å²) in [6.07, 6.45) is 1.33. The van der Waals surface area contributed by atoms with Crippen LogP contribution in [0.4, 0.5) is 15.9 Å². The van der Waals surface area contributed by atoms with Crippen LogP contribution in [0.2, 0.25) is 0 Å². The highest BCUT2D eigenvalue weighted by atomic mass is 19.1. The van der Waals surface area contributed by atoms with E-state index >= 15 is 0 Å². The van der Waals surface area contributed by atoms with E-state index in [1.165, 1.54) is 30.5 Å². The minimum Gasteiger partial charge on any atom is -0.385 e. The van der Waals surface area contributed by atoms with Crippen LogP contribution in [0.15, 0.2) is 35.1 Å². The number of nitrogens with zero attached hydrogens (tertiary/aromatic N) is 1. The molecule has 0 radical (unpaired) electrons. The maximum absolute atomic E-state index is 13.4. The van der Waals surface area contributed by atoms with Crippen LogP contribution in [-0.2, 0) is 0 Å². The molecule has 0 saturated heterocycles. The Labute approximate surface area is 96.6 Å². The minimum atomic E-state index is -0.486. The third kappa shape index (κ3) is 2.25. The molecule has 2 N–H and O–H groups in total. The van der Waals surface area contributed by atoms with Gasteiger partial charge in [-0.2, -0.15) is 0 Å². The first kappa shape index (κ1) is 11.1. The first-order valence-electron chi connectivity index (χ1n) is 4.90. The Balaban J connectivity index is 2.28. The zero-order chi connectivity index (χ0) is 12.3. The van der Waals surface area contributed by atoms with Gasteiger partial charge in [-0.05, 0) is 12.1 Å². The second-order valence-corrected chi connectivity index (χ2v) is 3.25. The summed E-state index contributed by atoms with van der Waals surface area (Å²) in [5.74, 6) is -0.663. The van der Waals surface area contributed by atoms with Gasteiger partial charge in [-0.15, -0.1) is 0 Å². The SMILES string of the molecule is CNc1c(F)cccc1C(=O)Nc1ccon1. The van der Waals surface area contributed by atoms with Gasteiger partial charge in [-0.3, -0.25) is 4.79 Å². The third-order valence-corrected chi connectivity index (χ3v) is 2.19. The molecule has 0 aliphatic carbocycles. The van der Waals surface area contributed by atoms with Crippen molar-refractivity contribution >= 4 is 17.4 Å². The van der Waals surface area contributed by atoms with Crippen LogP contribution >= 0.6 is 0 Å². The topological polar surface area (TPSA) is 67.2 Å². The van der Waals surface area contributed by atoms with Gasteiger partial charge in [-0.1, -0.05) is 11.2 Å². The van der Waals surface area contributed by atoms with E-state index in [2.05, 4.69) is 20.3 Å². The predicted octanol–water partition coefficient (Wildman–Crippen LogP) is 2.11.